The molecule has 3 fully saturated rings. The van der Waals surface area contributed by atoms with Crippen LogP contribution < -0.4 is 15.0 Å². The number of benzene rings is 1. The number of fused-ring (bicyclic) bond motifs is 3. The molecule has 306 valence electrons. The molecule has 0 spiro atoms. The first-order valence-corrected chi connectivity index (χ1v) is 21.4. The van der Waals surface area contributed by atoms with Crippen LogP contribution in [-0.2, 0) is 45.2 Å². The number of rotatable bonds is 10. The fourth-order valence-corrected chi connectivity index (χ4v) is 9.71. The number of carbonyl (C=O) groups excluding carboxylic acids is 4. The van der Waals surface area contributed by atoms with Crippen molar-refractivity contribution in [1.82, 2.24) is 19.4 Å². The van der Waals surface area contributed by atoms with E-state index in [2.05, 4.69) is 16.7 Å². The zero-order chi connectivity index (χ0) is 40.6. The molecule has 2 amide bonds. The molecule has 0 radical (unpaired) electrons. The van der Waals surface area contributed by atoms with E-state index in [0.717, 1.165) is 6.42 Å². The lowest BCUT2D eigenvalue weighted by Gasteiger charge is -2.32. The first kappa shape index (κ1) is 41.5. The Labute approximate surface area is 328 Å². The number of hydrogen-bond donors (Lipinski definition) is 1. The average molecular weight is 797 g/mol. The maximum Gasteiger partial charge on any atom is 0.307 e. The molecular formula is C41H56N4O10S. The molecule has 2 saturated carbocycles. The van der Waals surface area contributed by atoms with Gasteiger partial charge < -0.3 is 19.1 Å². The lowest BCUT2D eigenvalue weighted by atomic mass is 9.82. The Balaban J connectivity index is 1.37. The first-order valence-electron chi connectivity index (χ1n) is 19.9. The van der Waals surface area contributed by atoms with Crippen LogP contribution >= 0.6 is 0 Å². The molecule has 7 atom stereocenters. The van der Waals surface area contributed by atoms with Crippen molar-refractivity contribution in [1.29, 1.82) is 0 Å². The van der Waals surface area contributed by atoms with Crippen LogP contribution in [0.3, 0.4) is 0 Å². The van der Waals surface area contributed by atoms with Crippen LogP contribution in [0.5, 0.6) is 5.88 Å². The van der Waals surface area contributed by atoms with E-state index in [1.54, 1.807) is 45.0 Å². The molecule has 0 unspecified atom stereocenters. The quantitative estimate of drug-likeness (QED) is 0.267. The number of aromatic nitrogens is 2. The summed E-state index contributed by atoms with van der Waals surface area (Å²) in [5.41, 5.74) is -2.37. The lowest BCUT2D eigenvalue weighted by Crippen LogP contribution is -2.47. The molecule has 1 saturated heterocycles. The van der Waals surface area contributed by atoms with Crippen molar-refractivity contribution in [2.75, 3.05) is 20.3 Å². The topological polar surface area (TPSA) is 180 Å². The molecule has 1 aromatic heterocycles. The Morgan fingerprint density at radius 1 is 1.04 bits per heavy atom. The van der Waals surface area contributed by atoms with E-state index < -0.39 is 67.9 Å². The number of carbonyl (C=O) groups is 4. The maximum atomic E-state index is 14.9. The number of amides is 2. The Morgan fingerprint density at radius 3 is 2.43 bits per heavy atom. The van der Waals surface area contributed by atoms with Crippen LogP contribution in [0.4, 0.5) is 0 Å². The predicted molar refractivity (Wildman–Crippen MR) is 208 cm³/mol. The zero-order valence-electron chi connectivity index (χ0n) is 33.3. The number of Topliss-reactive ketones (excluding diaryl/α,β-unsaturated/α-hetero) is 1. The SMILES string of the molecule is COCCn1nc(O[C@@H]2C[C@H]3C(=O)C[C@]4(C(=O)NS(=O)(=O)C5CC5)C[C@H]4/C=C\CC[C@H](C)C[C@@H](C)[C@H](CC(=O)OC(C)(C)C)C(=O)N3C2)c2ccccc2c1=O. The zero-order valence-corrected chi connectivity index (χ0v) is 34.1. The van der Waals surface area contributed by atoms with Gasteiger partial charge in [0.25, 0.3) is 5.56 Å². The number of allylic oxidation sites excluding steroid dienone is 2. The van der Waals surface area contributed by atoms with Crippen molar-refractivity contribution in [2.45, 2.75) is 122 Å². The van der Waals surface area contributed by atoms with Gasteiger partial charge >= 0.3 is 5.97 Å². The number of ketones is 1. The molecule has 56 heavy (non-hydrogen) atoms. The molecule has 1 aromatic carbocycles. The van der Waals surface area contributed by atoms with Crippen molar-refractivity contribution < 1.29 is 41.8 Å². The smallest absolute Gasteiger partial charge is 0.307 e. The summed E-state index contributed by atoms with van der Waals surface area (Å²) >= 11 is 0. The highest BCUT2D eigenvalue weighted by atomic mass is 32.2. The van der Waals surface area contributed by atoms with E-state index in [0.29, 0.717) is 42.9 Å². The highest BCUT2D eigenvalue weighted by molar-refractivity contribution is 7.90. The molecule has 2 aliphatic heterocycles. The molecule has 2 aliphatic carbocycles. The summed E-state index contributed by atoms with van der Waals surface area (Å²) in [5.74, 6) is -3.06. The molecule has 4 aliphatic rings. The molecule has 15 heteroatoms. The molecule has 2 aromatic rings. The third-order valence-corrected chi connectivity index (χ3v) is 13.4. The average Bonchev–Trinajstić information content (AvgIpc) is 4.05. The van der Waals surface area contributed by atoms with Crippen LogP contribution in [0, 0.1) is 29.1 Å². The molecular weight excluding hydrogens is 741 g/mol. The van der Waals surface area contributed by atoms with E-state index in [4.69, 9.17) is 14.2 Å². The van der Waals surface area contributed by atoms with Gasteiger partial charge in [-0.3, -0.25) is 28.7 Å². The minimum Gasteiger partial charge on any atom is -0.471 e. The third kappa shape index (κ3) is 9.36. The minimum atomic E-state index is -3.88. The van der Waals surface area contributed by atoms with Gasteiger partial charge in [0, 0.05) is 20.0 Å². The van der Waals surface area contributed by atoms with E-state index in [-0.39, 0.29) is 68.2 Å². The van der Waals surface area contributed by atoms with Crippen molar-refractivity contribution in [2.24, 2.45) is 29.1 Å². The van der Waals surface area contributed by atoms with Gasteiger partial charge in [-0.2, -0.15) is 0 Å². The number of sulfonamides is 1. The Kier molecular flexibility index (Phi) is 12.2. The van der Waals surface area contributed by atoms with Crippen LogP contribution in [0.2, 0.25) is 0 Å². The highest BCUT2D eigenvalue weighted by Gasteiger charge is 2.61. The van der Waals surface area contributed by atoms with Crippen molar-refractivity contribution >= 4 is 44.4 Å². The number of nitrogens with zero attached hydrogens (tertiary/aromatic N) is 3. The van der Waals surface area contributed by atoms with Gasteiger partial charge in [0.15, 0.2) is 5.78 Å². The van der Waals surface area contributed by atoms with E-state index in [1.165, 1.54) is 16.7 Å². The lowest BCUT2D eigenvalue weighted by molar-refractivity contribution is -0.160. The van der Waals surface area contributed by atoms with Gasteiger partial charge in [-0.1, -0.05) is 38.1 Å². The summed E-state index contributed by atoms with van der Waals surface area (Å²) in [6.07, 6.45) is 6.18. The van der Waals surface area contributed by atoms with E-state index >= 15 is 0 Å². The Hall–Kier alpha value is -4.11. The second kappa shape index (κ2) is 16.4. The van der Waals surface area contributed by atoms with Crippen LogP contribution in [0.25, 0.3) is 10.8 Å². The molecule has 3 heterocycles. The van der Waals surface area contributed by atoms with Crippen LogP contribution in [0.1, 0.15) is 92.4 Å². The normalized spacial score (nSPS) is 29.4. The van der Waals surface area contributed by atoms with Crippen molar-refractivity contribution in [3.63, 3.8) is 0 Å². The molecule has 0 bridgehead atoms. The fraction of sp³-hybridized carbons (Fsp3) is 0.659. The van der Waals surface area contributed by atoms with Gasteiger partial charge in [0.2, 0.25) is 27.7 Å². The summed E-state index contributed by atoms with van der Waals surface area (Å²) in [6.45, 7) is 9.74. The summed E-state index contributed by atoms with van der Waals surface area (Å²) in [7, 11) is -2.36. The van der Waals surface area contributed by atoms with E-state index in [9.17, 15) is 32.4 Å². The van der Waals surface area contributed by atoms with Gasteiger partial charge in [0.05, 0.1) is 59.5 Å². The molecule has 6 rings (SSSR count). The number of nitrogens with one attached hydrogen (secondary N) is 1. The Bertz CT molecular complexity index is 2040. The summed E-state index contributed by atoms with van der Waals surface area (Å²) in [4.78, 5) is 71.5. The number of hydrogen-bond acceptors (Lipinski definition) is 11. The van der Waals surface area contributed by atoms with Crippen molar-refractivity contribution in [3.8, 4) is 5.88 Å². The molecule has 14 nitrogen and oxygen atoms in total. The largest absolute Gasteiger partial charge is 0.471 e. The predicted octanol–water partition coefficient (Wildman–Crippen LogP) is 4.33. The van der Waals surface area contributed by atoms with Gasteiger partial charge in [0.1, 0.15) is 11.7 Å². The summed E-state index contributed by atoms with van der Waals surface area (Å²) in [5, 5.41) is 4.77. The van der Waals surface area contributed by atoms with Gasteiger partial charge in [-0.25, -0.2) is 13.1 Å². The number of methoxy groups -OCH3 is 1. The summed E-state index contributed by atoms with van der Waals surface area (Å²) in [6, 6.07) is 5.87. The maximum absolute atomic E-state index is 14.9. The van der Waals surface area contributed by atoms with Crippen LogP contribution in [0.15, 0.2) is 41.2 Å². The van der Waals surface area contributed by atoms with Crippen molar-refractivity contribution in [3.05, 3.63) is 46.8 Å². The fourth-order valence-electron chi connectivity index (χ4n) is 8.33. The van der Waals surface area contributed by atoms with Gasteiger partial charge in [-0.15, -0.1) is 5.10 Å². The third-order valence-electron chi connectivity index (χ3n) is 11.6. The van der Waals surface area contributed by atoms with Gasteiger partial charge in [-0.05, 0) is 89.2 Å². The minimum absolute atomic E-state index is 0.0197. The standard InChI is InChI=1S/C41H56N4O10S/c1-25-11-7-8-12-27-22-41(27,39(50)43-56(51,52)29-15-16-29)23-34(46)33-20-28(24-44(33)37(48)32(26(2)19-25)21-35(47)55-40(3,4)5)54-36-30-13-9-10-14-31(30)38(49)45(42-36)17-18-53-6/h8-10,12-14,25-29,32-33H,7,11,15-24H2,1-6H3,(H,43,50)/b12-8-/t25-,26+,27+,28+,32-,33-,41+/m0/s1. The number of ether oxygens (including phenoxy) is 3. The summed E-state index contributed by atoms with van der Waals surface area (Å²) < 4.78 is 46.8. The molecule has 1 N–H and O–H groups in total. The number of esters is 1. The monoisotopic (exact) mass is 796 g/mol. The van der Waals surface area contributed by atoms with Crippen LogP contribution in [-0.4, -0.2) is 89.9 Å². The highest BCUT2D eigenvalue weighted by Crippen LogP contribution is 2.57. The second-order valence-electron chi connectivity index (χ2n) is 17.4. The second-order valence-corrected chi connectivity index (χ2v) is 19.3. The Morgan fingerprint density at radius 2 is 1.75 bits per heavy atom. The van der Waals surface area contributed by atoms with E-state index in [1.807, 2.05) is 19.1 Å². The first-order chi connectivity index (χ1) is 26.4.